The van der Waals surface area contributed by atoms with Crippen LogP contribution >= 0.6 is 0 Å². The number of rotatable bonds is 13. The van der Waals surface area contributed by atoms with Crippen molar-refractivity contribution in [3.8, 4) is 17.0 Å². The van der Waals surface area contributed by atoms with Gasteiger partial charge < -0.3 is 18.9 Å². The zero-order valence-corrected chi connectivity index (χ0v) is 24.9. The summed E-state index contributed by atoms with van der Waals surface area (Å²) in [7, 11) is 1.33. The van der Waals surface area contributed by atoms with E-state index in [4.69, 9.17) is 14.6 Å². The highest BCUT2D eigenvalue weighted by Gasteiger charge is 2.27. The number of aldehydes is 1. The van der Waals surface area contributed by atoms with Gasteiger partial charge >= 0.3 is 0 Å². The van der Waals surface area contributed by atoms with Crippen LogP contribution in [0.4, 0.5) is 0 Å². The van der Waals surface area contributed by atoms with Gasteiger partial charge in [-0.15, -0.1) is 0 Å². The van der Waals surface area contributed by atoms with E-state index in [1.54, 1.807) is 7.05 Å². The van der Waals surface area contributed by atoms with Gasteiger partial charge in [-0.3, -0.25) is 9.59 Å². The lowest BCUT2D eigenvalue weighted by Crippen LogP contribution is -2.37. The molecule has 0 radical (unpaired) electrons. The zero-order valence-electron chi connectivity index (χ0n) is 24.0. The minimum Gasteiger partial charge on any atom is -0.483 e. The highest BCUT2D eigenvalue weighted by Crippen LogP contribution is 2.45. The van der Waals surface area contributed by atoms with Crippen LogP contribution in [0.25, 0.3) is 22.2 Å². The summed E-state index contributed by atoms with van der Waals surface area (Å²) in [6.07, 6.45) is 6.75. The summed E-state index contributed by atoms with van der Waals surface area (Å²) < 4.78 is 37.2. The maximum Gasteiger partial charge on any atom is 0.276 e. The van der Waals surface area contributed by atoms with Gasteiger partial charge in [0.25, 0.3) is 16.1 Å². The molecule has 0 saturated heterocycles. The van der Waals surface area contributed by atoms with Crippen molar-refractivity contribution in [2.24, 2.45) is 12.2 Å². The fourth-order valence-corrected chi connectivity index (χ4v) is 5.80. The molecule has 41 heavy (non-hydrogen) atoms. The van der Waals surface area contributed by atoms with E-state index >= 15 is 0 Å². The molecule has 222 valence electrons. The summed E-state index contributed by atoms with van der Waals surface area (Å²) in [5.41, 5.74) is 4.90. The van der Waals surface area contributed by atoms with E-state index in [0.717, 1.165) is 45.6 Å². The number of nitrogens with zero attached hydrogens (tertiary/aromatic N) is 3. The maximum absolute atomic E-state index is 12.9. The summed E-state index contributed by atoms with van der Waals surface area (Å²) in [6, 6.07) is 13.7. The number of benzene rings is 2. The van der Waals surface area contributed by atoms with E-state index in [1.165, 1.54) is 36.8 Å². The van der Waals surface area contributed by atoms with Crippen LogP contribution in [0.3, 0.4) is 0 Å². The Hall–Kier alpha value is -3.25. The molecule has 0 bridgehead atoms. The molecule has 1 saturated carbocycles. The standard InChI is InChI=1S/C30H40N4O6S/c1-32(15-17-39-18-16-33(2)41(31,37)38)28(36)21-40-27-12-8-7-11-25(27)30-29(23-9-5-4-6-10-23)24-14-13-22(20-35)19-26(24)34(30)3/h7-8,11-14,19-20,23H,4-6,9-10,15-18,21H2,1-3H3,(H2,31,37,38). The van der Waals surface area contributed by atoms with Gasteiger partial charge in [-0.25, -0.2) is 5.14 Å². The molecule has 11 heteroatoms. The molecule has 1 aromatic heterocycles. The largest absolute Gasteiger partial charge is 0.483 e. The van der Waals surface area contributed by atoms with Gasteiger partial charge in [0.05, 0.1) is 18.9 Å². The van der Waals surface area contributed by atoms with Crippen LogP contribution in [0.5, 0.6) is 5.75 Å². The van der Waals surface area contributed by atoms with Crippen molar-refractivity contribution in [1.82, 2.24) is 13.8 Å². The topological polar surface area (TPSA) is 124 Å². The number of hydrogen-bond acceptors (Lipinski definition) is 6. The number of aryl methyl sites for hydroxylation is 1. The molecule has 0 atom stereocenters. The first-order valence-electron chi connectivity index (χ1n) is 14.0. The molecule has 0 spiro atoms. The number of nitrogens with two attached hydrogens (primary N) is 1. The van der Waals surface area contributed by atoms with Crippen molar-refractivity contribution in [2.75, 3.05) is 47.0 Å². The first kappa shape index (κ1) is 30.7. The fourth-order valence-electron chi connectivity index (χ4n) is 5.47. The third-order valence-corrected chi connectivity index (χ3v) is 8.94. The first-order chi connectivity index (χ1) is 19.6. The smallest absolute Gasteiger partial charge is 0.276 e. The number of fused-ring (bicyclic) bond motifs is 1. The monoisotopic (exact) mass is 584 g/mol. The predicted molar refractivity (Wildman–Crippen MR) is 159 cm³/mol. The molecule has 1 aliphatic carbocycles. The number of ether oxygens (including phenoxy) is 2. The van der Waals surface area contributed by atoms with E-state index in [-0.39, 0.29) is 32.3 Å². The molecule has 1 aliphatic rings. The molecule has 1 amide bonds. The van der Waals surface area contributed by atoms with Gasteiger partial charge in [-0.05, 0) is 42.5 Å². The second-order valence-electron chi connectivity index (χ2n) is 10.6. The van der Waals surface area contributed by atoms with E-state index in [9.17, 15) is 18.0 Å². The number of hydrogen-bond donors (Lipinski definition) is 1. The van der Waals surface area contributed by atoms with Gasteiger partial charge in [0.2, 0.25) is 0 Å². The number of likely N-dealkylation sites (N-methyl/N-ethyl adjacent to an activating group) is 2. The summed E-state index contributed by atoms with van der Waals surface area (Å²) in [6.45, 7) is 0.739. The Morgan fingerprint density at radius 2 is 1.78 bits per heavy atom. The van der Waals surface area contributed by atoms with Crippen molar-refractivity contribution in [1.29, 1.82) is 0 Å². The summed E-state index contributed by atoms with van der Waals surface area (Å²) in [5, 5.41) is 6.21. The number of para-hydroxylation sites is 1. The third-order valence-electron chi connectivity index (χ3n) is 7.89. The van der Waals surface area contributed by atoms with Crippen LogP contribution < -0.4 is 9.88 Å². The van der Waals surface area contributed by atoms with Crippen LogP contribution in [0, 0.1) is 0 Å². The van der Waals surface area contributed by atoms with Crippen LogP contribution in [-0.4, -0.2) is 81.4 Å². The predicted octanol–water partition coefficient (Wildman–Crippen LogP) is 3.69. The molecule has 0 unspecified atom stereocenters. The number of carbonyl (C=O) groups is 2. The summed E-state index contributed by atoms with van der Waals surface area (Å²) >= 11 is 0. The van der Waals surface area contributed by atoms with Gasteiger partial charge in [-0.1, -0.05) is 43.5 Å². The van der Waals surface area contributed by atoms with E-state index in [0.29, 0.717) is 23.8 Å². The zero-order chi connectivity index (χ0) is 29.6. The van der Waals surface area contributed by atoms with Gasteiger partial charge in [0.1, 0.15) is 12.0 Å². The molecular weight excluding hydrogens is 544 g/mol. The Kier molecular flexibility index (Phi) is 10.2. The molecule has 3 aromatic rings. The Balaban J connectivity index is 1.49. The average Bonchev–Trinajstić information content (AvgIpc) is 3.26. The fraction of sp³-hybridized carbons (Fsp3) is 0.467. The van der Waals surface area contributed by atoms with Crippen molar-refractivity contribution < 1.29 is 27.5 Å². The van der Waals surface area contributed by atoms with Crippen LogP contribution in [-0.2, 0) is 26.8 Å². The Labute approximate surface area is 242 Å². The van der Waals surface area contributed by atoms with Crippen LogP contribution in [0.1, 0.15) is 53.9 Å². The van der Waals surface area contributed by atoms with Crippen molar-refractivity contribution >= 4 is 33.3 Å². The molecule has 0 aliphatic heterocycles. The van der Waals surface area contributed by atoms with Crippen molar-refractivity contribution in [3.05, 3.63) is 53.6 Å². The highest BCUT2D eigenvalue weighted by molar-refractivity contribution is 7.86. The minimum atomic E-state index is -3.74. The molecule has 2 N–H and O–H groups in total. The SMILES string of the molecule is CN(CCOCCN(C)S(N)(=O)=O)C(=O)COc1ccccc1-c1c(C2CCCCC2)c2ccc(C=O)cc2n1C. The van der Waals surface area contributed by atoms with Gasteiger partial charge in [0.15, 0.2) is 6.61 Å². The molecular formula is C30H40N4O6S. The molecule has 2 aromatic carbocycles. The minimum absolute atomic E-state index is 0.129. The lowest BCUT2D eigenvalue weighted by atomic mass is 9.81. The van der Waals surface area contributed by atoms with E-state index in [1.807, 2.05) is 43.4 Å². The van der Waals surface area contributed by atoms with Gasteiger partial charge in [0, 0.05) is 56.3 Å². The normalized spacial score (nSPS) is 14.5. The summed E-state index contributed by atoms with van der Waals surface area (Å²) in [4.78, 5) is 25.9. The lowest BCUT2D eigenvalue weighted by Gasteiger charge is -2.24. The Bertz CT molecular complexity index is 1480. The lowest BCUT2D eigenvalue weighted by molar-refractivity contribution is -0.132. The highest BCUT2D eigenvalue weighted by atomic mass is 32.2. The second kappa shape index (κ2) is 13.6. The van der Waals surface area contributed by atoms with Crippen LogP contribution in [0.2, 0.25) is 0 Å². The Morgan fingerprint density at radius 3 is 2.49 bits per heavy atom. The van der Waals surface area contributed by atoms with Crippen molar-refractivity contribution in [3.63, 3.8) is 0 Å². The number of aromatic nitrogens is 1. The molecule has 1 fully saturated rings. The number of carbonyl (C=O) groups excluding carboxylic acids is 2. The number of amides is 1. The quantitative estimate of drug-likeness (QED) is 0.241. The van der Waals surface area contributed by atoms with Gasteiger partial charge in [-0.2, -0.15) is 12.7 Å². The van der Waals surface area contributed by atoms with Crippen molar-refractivity contribution in [2.45, 2.75) is 38.0 Å². The average molecular weight is 585 g/mol. The van der Waals surface area contributed by atoms with Crippen LogP contribution in [0.15, 0.2) is 42.5 Å². The Morgan fingerprint density at radius 1 is 1.07 bits per heavy atom. The molecule has 4 rings (SSSR count). The molecule has 10 nitrogen and oxygen atoms in total. The first-order valence-corrected chi connectivity index (χ1v) is 15.5. The third kappa shape index (κ3) is 7.34. The summed E-state index contributed by atoms with van der Waals surface area (Å²) in [5.74, 6) is 0.829. The second-order valence-corrected chi connectivity index (χ2v) is 12.3. The molecule has 1 heterocycles. The van der Waals surface area contributed by atoms with E-state index < -0.39 is 10.2 Å². The van der Waals surface area contributed by atoms with E-state index in [2.05, 4.69) is 10.6 Å². The maximum atomic E-state index is 12.9.